The SMILES string of the molecule is CCCC(C)(N)C(=O)N1CC2C(C1)C2(C)C. The van der Waals surface area contributed by atoms with E-state index in [1.165, 1.54) is 0 Å². The fraction of sp³-hybridized carbons (Fsp3) is 0.923. The van der Waals surface area contributed by atoms with Crippen molar-refractivity contribution in [3.8, 4) is 0 Å². The number of nitrogens with two attached hydrogens (primary N) is 1. The monoisotopic (exact) mass is 224 g/mol. The molecular weight excluding hydrogens is 200 g/mol. The molecule has 0 aromatic rings. The van der Waals surface area contributed by atoms with Crippen molar-refractivity contribution in [2.75, 3.05) is 13.1 Å². The Morgan fingerprint density at radius 2 is 1.94 bits per heavy atom. The van der Waals surface area contributed by atoms with Crippen LogP contribution >= 0.6 is 0 Å². The van der Waals surface area contributed by atoms with Gasteiger partial charge in [-0.1, -0.05) is 27.2 Å². The number of piperidine rings is 1. The summed E-state index contributed by atoms with van der Waals surface area (Å²) in [5, 5.41) is 0. The predicted molar refractivity (Wildman–Crippen MR) is 64.8 cm³/mol. The van der Waals surface area contributed by atoms with Crippen LogP contribution in [0.2, 0.25) is 0 Å². The van der Waals surface area contributed by atoms with Crippen molar-refractivity contribution < 1.29 is 4.79 Å². The summed E-state index contributed by atoms with van der Waals surface area (Å²) in [6, 6.07) is 0. The van der Waals surface area contributed by atoms with Crippen LogP contribution in [0, 0.1) is 17.3 Å². The maximum atomic E-state index is 12.2. The van der Waals surface area contributed by atoms with Crippen molar-refractivity contribution >= 4 is 5.91 Å². The van der Waals surface area contributed by atoms with Gasteiger partial charge in [0, 0.05) is 13.1 Å². The lowest BCUT2D eigenvalue weighted by atomic mass is 9.95. The van der Waals surface area contributed by atoms with Crippen molar-refractivity contribution in [2.45, 2.75) is 46.1 Å². The zero-order valence-electron chi connectivity index (χ0n) is 10.9. The van der Waals surface area contributed by atoms with E-state index in [1.54, 1.807) is 0 Å². The molecule has 1 amide bonds. The Morgan fingerprint density at radius 3 is 2.38 bits per heavy atom. The summed E-state index contributed by atoms with van der Waals surface area (Å²) < 4.78 is 0. The lowest BCUT2D eigenvalue weighted by Crippen LogP contribution is -2.53. The Hall–Kier alpha value is -0.570. The summed E-state index contributed by atoms with van der Waals surface area (Å²) in [5.74, 6) is 1.58. The topological polar surface area (TPSA) is 46.3 Å². The molecule has 3 heteroatoms. The number of rotatable bonds is 3. The van der Waals surface area contributed by atoms with Gasteiger partial charge in [-0.05, 0) is 30.6 Å². The third kappa shape index (κ3) is 1.65. The van der Waals surface area contributed by atoms with Gasteiger partial charge in [0.2, 0.25) is 5.91 Å². The molecule has 0 aromatic carbocycles. The number of carbonyl (C=O) groups excluding carboxylic acids is 1. The van der Waals surface area contributed by atoms with E-state index < -0.39 is 5.54 Å². The Labute approximate surface area is 98.4 Å². The largest absolute Gasteiger partial charge is 0.340 e. The quantitative estimate of drug-likeness (QED) is 0.792. The smallest absolute Gasteiger partial charge is 0.242 e. The molecule has 1 aliphatic carbocycles. The standard InChI is InChI=1S/C13H24N2O/c1-5-6-13(4,14)11(16)15-7-9-10(8-15)12(9,2)3/h9-10H,5-8,14H2,1-4H3. The molecule has 16 heavy (non-hydrogen) atoms. The molecular formula is C13H24N2O. The molecule has 0 radical (unpaired) electrons. The van der Waals surface area contributed by atoms with Crippen molar-refractivity contribution in [1.82, 2.24) is 4.90 Å². The van der Waals surface area contributed by atoms with Gasteiger partial charge >= 0.3 is 0 Å². The van der Waals surface area contributed by atoms with Gasteiger partial charge in [0.15, 0.2) is 0 Å². The van der Waals surface area contributed by atoms with Crippen LogP contribution in [0.5, 0.6) is 0 Å². The molecule has 1 saturated carbocycles. The van der Waals surface area contributed by atoms with Gasteiger partial charge < -0.3 is 10.6 Å². The van der Waals surface area contributed by atoms with E-state index in [-0.39, 0.29) is 5.91 Å². The molecule has 0 aromatic heterocycles. The van der Waals surface area contributed by atoms with Gasteiger partial charge in [0.1, 0.15) is 0 Å². The van der Waals surface area contributed by atoms with Gasteiger partial charge in [-0.2, -0.15) is 0 Å². The van der Waals surface area contributed by atoms with Crippen LogP contribution < -0.4 is 5.73 Å². The molecule has 0 bridgehead atoms. The minimum absolute atomic E-state index is 0.150. The number of nitrogens with zero attached hydrogens (tertiary/aromatic N) is 1. The second kappa shape index (κ2) is 3.46. The van der Waals surface area contributed by atoms with Gasteiger partial charge in [0.25, 0.3) is 0 Å². The predicted octanol–water partition coefficient (Wildman–Crippen LogP) is 1.62. The van der Waals surface area contributed by atoms with E-state index in [0.29, 0.717) is 17.3 Å². The van der Waals surface area contributed by atoms with Gasteiger partial charge in [-0.25, -0.2) is 0 Å². The molecule has 1 aliphatic heterocycles. The third-order valence-corrected chi connectivity index (χ3v) is 4.67. The minimum atomic E-state index is -0.657. The van der Waals surface area contributed by atoms with E-state index in [9.17, 15) is 4.79 Å². The van der Waals surface area contributed by atoms with Crippen LogP contribution in [-0.2, 0) is 4.79 Å². The summed E-state index contributed by atoms with van der Waals surface area (Å²) in [6.07, 6.45) is 1.74. The average molecular weight is 224 g/mol. The lowest BCUT2D eigenvalue weighted by Gasteiger charge is -2.31. The highest BCUT2D eigenvalue weighted by Gasteiger charge is 2.63. The highest BCUT2D eigenvalue weighted by molar-refractivity contribution is 5.86. The molecule has 2 rings (SSSR count). The van der Waals surface area contributed by atoms with Crippen LogP contribution in [0.15, 0.2) is 0 Å². The number of hydrogen-bond donors (Lipinski definition) is 1. The second-order valence-electron chi connectivity index (χ2n) is 6.41. The molecule has 1 saturated heterocycles. The van der Waals surface area contributed by atoms with Crippen LogP contribution in [0.1, 0.15) is 40.5 Å². The molecule has 2 aliphatic rings. The molecule has 2 N–H and O–H groups in total. The van der Waals surface area contributed by atoms with Gasteiger partial charge in [-0.3, -0.25) is 4.79 Å². The molecule has 3 unspecified atom stereocenters. The number of amides is 1. The first kappa shape index (κ1) is 11.9. The van der Waals surface area contributed by atoms with Gasteiger partial charge in [-0.15, -0.1) is 0 Å². The molecule has 92 valence electrons. The highest BCUT2D eigenvalue weighted by atomic mass is 16.2. The van der Waals surface area contributed by atoms with Crippen molar-refractivity contribution in [3.05, 3.63) is 0 Å². The first-order valence-electron chi connectivity index (χ1n) is 6.39. The maximum Gasteiger partial charge on any atom is 0.242 e. The Balaban J connectivity index is 1.95. The normalized spacial score (nSPS) is 34.4. The molecule has 1 heterocycles. The Bertz CT molecular complexity index is 295. The van der Waals surface area contributed by atoms with Crippen molar-refractivity contribution in [3.63, 3.8) is 0 Å². The fourth-order valence-corrected chi connectivity index (χ4v) is 3.29. The number of hydrogen-bond acceptors (Lipinski definition) is 2. The molecule has 2 fully saturated rings. The highest BCUT2D eigenvalue weighted by Crippen LogP contribution is 2.62. The van der Waals surface area contributed by atoms with Crippen molar-refractivity contribution in [1.29, 1.82) is 0 Å². The van der Waals surface area contributed by atoms with E-state index in [4.69, 9.17) is 5.73 Å². The van der Waals surface area contributed by atoms with Gasteiger partial charge in [0.05, 0.1) is 5.54 Å². The summed E-state index contributed by atoms with van der Waals surface area (Å²) in [4.78, 5) is 14.2. The van der Waals surface area contributed by atoms with E-state index >= 15 is 0 Å². The number of carbonyl (C=O) groups is 1. The lowest BCUT2D eigenvalue weighted by molar-refractivity contribution is -0.136. The average Bonchev–Trinajstić information content (AvgIpc) is 2.61. The fourth-order valence-electron chi connectivity index (χ4n) is 3.29. The second-order valence-corrected chi connectivity index (χ2v) is 6.41. The maximum absolute atomic E-state index is 12.2. The Morgan fingerprint density at radius 1 is 1.44 bits per heavy atom. The molecule has 0 spiro atoms. The number of likely N-dealkylation sites (tertiary alicyclic amines) is 1. The van der Waals surface area contributed by atoms with Crippen molar-refractivity contribution in [2.24, 2.45) is 23.0 Å². The Kier molecular flexibility index (Phi) is 2.57. The summed E-state index contributed by atoms with van der Waals surface area (Å²) in [7, 11) is 0. The summed E-state index contributed by atoms with van der Waals surface area (Å²) in [6.45, 7) is 10.4. The summed E-state index contributed by atoms with van der Waals surface area (Å²) in [5.41, 5.74) is 5.90. The first-order valence-corrected chi connectivity index (χ1v) is 6.39. The van der Waals surface area contributed by atoms with Crippen LogP contribution in [-0.4, -0.2) is 29.4 Å². The summed E-state index contributed by atoms with van der Waals surface area (Å²) >= 11 is 0. The van der Waals surface area contributed by atoms with E-state index in [0.717, 1.165) is 25.9 Å². The van der Waals surface area contributed by atoms with E-state index in [1.807, 2.05) is 11.8 Å². The molecule has 3 nitrogen and oxygen atoms in total. The zero-order valence-corrected chi connectivity index (χ0v) is 10.9. The van der Waals surface area contributed by atoms with E-state index in [2.05, 4.69) is 20.8 Å². The van der Waals surface area contributed by atoms with Crippen LogP contribution in [0.4, 0.5) is 0 Å². The first-order chi connectivity index (χ1) is 7.30. The number of fused-ring (bicyclic) bond motifs is 1. The van der Waals surface area contributed by atoms with Crippen LogP contribution in [0.3, 0.4) is 0 Å². The minimum Gasteiger partial charge on any atom is -0.340 e. The zero-order chi connectivity index (χ0) is 12.1. The molecule has 3 atom stereocenters. The van der Waals surface area contributed by atoms with Crippen LogP contribution in [0.25, 0.3) is 0 Å². The third-order valence-electron chi connectivity index (χ3n) is 4.67.